The number of nitrogens with two attached hydrogens (primary N) is 1. The number of ketones is 1. The van der Waals surface area contributed by atoms with Crippen molar-refractivity contribution in [1.82, 2.24) is 4.98 Å². The van der Waals surface area contributed by atoms with E-state index in [1.54, 1.807) is 18.2 Å². The Bertz CT molecular complexity index is 830. The Morgan fingerprint density at radius 2 is 1.90 bits per heavy atom. The molecule has 3 nitrogen and oxygen atoms in total. The molecule has 104 valence electrons. The quantitative estimate of drug-likeness (QED) is 0.746. The summed E-state index contributed by atoms with van der Waals surface area (Å²) in [5, 5.41) is 1.48. The van der Waals surface area contributed by atoms with Crippen molar-refractivity contribution in [3.63, 3.8) is 0 Å². The largest absolute Gasteiger partial charge is 0.398 e. The second-order valence-corrected chi connectivity index (χ2v) is 5.28. The van der Waals surface area contributed by atoms with Crippen molar-refractivity contribution in [3.05, 3.63) is 70.9 Å². The number of hydrogen-bond donors (Lipinski definition) is 1. The first kappa shape index (κ1) is 13.6. The van der Waals surface area contributed by atoms with Crippen LogP contribution in [-0.4, -0.2) is 10.8 Å². The number of rotatable bonds is 3. The van der Waals surface area contributed by atoms with Crippen molar-refractivity contribution >= 4 is 34.0 Å². The van der Waals surface area contributed by atoms with Crippen molar-refractivity contribution in [2.24, 2.45) is 0 Å². The highest BCUT2D eigenvalue weighted by Crippen LogP contribution is 2.21. The first-order valence-corrected chi connectivity index (χ1v) is 6.94. The van der Waals surface area contributed by atoms with E-state index in [0.29, 0.717) is 16.4 Å². The van der Waals surface area contributed by atoms with Gasteiger partial charge < -0.3 is 5.73 Å². The number of pyridine rings is 1. The average Bonchev–Trinajstić information content (AvgIpc) is 2.47. The van der Waals surface area contributed by atoms with Crippen LogP contribution in [0.25, 0.3) is 10.9 Å². The SMILES string of the molecule is Nc1cc(C(=O)Cc2cccc(Cl)c2)nc2ccccc12. The van der Waals surface area contributed by atoms with Crippen LogP contribution in [0.2, 0.25) is 5.02 Å². The van der Waals surface area contributed by atoms with Crippen LogP contribution >= 0.6 is 11.6 Å². The molecule has 0 saturated heterocycles. The van der Waals surface area contributed by atoms with Crippen molar-refractivity contribution in [2.45, 2.75) is 6.42 Å². The predicted molar refractivity (Wildman–Crippen MR) is 85.6 cm³/mol. The Morgan fingerprint density at radius 3 is 2.71 bits per heavy atom. The molecule has 0 aliphatic carbocycles. The summed E-state index contributed by atoms with van der Waals surface area (Å²) in [4.78, 5) is 16.8. The van der Waals surface area contributed by atoms with E-state index in [-0.39, 0.29) is 12.2 Å². The Hall–Kier alpha value is -2.39. The summed E-state index contributed by atoms with van der Waals surface area (Å²) >= 11 is 5.93. The number of halogens is 1. The maximum Gasteiger partial charge on any atom is 0.185 e. The number of anilines is 1. The smallest absolute Gasteiger partial charge is 0.185 e. The van der Waals surface area contributed by atoms with Crippen LogP contribution in [0.4, 0.5) is 5.69 Å². The maximum absolute atomic E-state index is 12.4. The molecule has 1 aromatic heterocycles. The van der Waals surface area contributed by atoms with Gasteiger partial charge in [-0.3, -0.25) is 4.79 Å². The first-order valence-electron chi connectivity index (χ1n) is 6.56. The minimum absolute atomic E-state index is 0.0743. The van der Waals surface area contributed by atoms with E-state index in [0.717, 1.165) is 16.5 Å². The van der Waals surface area contributed by atoms with Crippen LogP contribution < -0.4 is 5.73 Å². The summed E-state index contributed by atoms with van der Waals surface area (Å²) in [7, 11) is 0. The third-order valence-electron chi connectivity index (χ3n) is 3.29. The number of para-hydroxylation sites is 1. The van der Waals surface area contributed by atoms with E-state index in [4.69, 9.17) is 17.3 Å². The Balaban J connectivity index is 1.94. The maximum atomic E-state index is 12.4. The first-order chi connectivity index (χ1) is 10.1. The molecule has 2 N–H and O–H groups in total. The van der Waals surface area contributed by atoms with Gasteiger partial charge in [0.05, 0.1) is 5.52 Å². The summed E-state index contributed by atoms with van der Waals surface area (Å²) in [6.45, 7) is 0. The van der Waals surface area contributed by atoms with Gasteiger partial charge >= 0.3 is 0 Å². The third kappa shape index (κ3) is 2.88. The highest BCUT2D eigenvalue weighted by atomic mass is 35.5. The number of aromatic nitrogens is 1. The number of Topliss-reactive ketones (excluding diaryl/α,β-unsaturated/α-hetero) is 1. The molecule has 0 spiro atoms. The number of carbonyl (C=O) groups excluding carboxylic acids is 1. The third-order valence-corrected chi connectivity index (χ3v) is 3.52. The van der Waals surface area contributed by atoms with E-state index in [9.17, 15) is 4.79 Å². The van der Waals surface area contributed by atoms with Gasteiger partial charge in [0, 0.05) is 22.5 Å². The van der Waals surface area contributed by atoms with Gasteiger partial charge in [-0.1, -0.05) is 41.9 Å². The van der Waals surface area contributed by atoms with Crippen LogP contribution in [0.1, 0.15) is 16.1 Å². The lowest BCUT2D eigenvalue weighted by atomic mass is 10.1. The highest BCUT2D eigenvalue weighted by Gasteiger charge is 2.11. The Morgan fingerprint density at radius 1 is 1.10 bits per heavy atom. The average molecular weight is 297 g/mol. The number of carbonyl (C=O) groups is 1. The number of fused-ring (bicyclic) bond motifs is 1. The molecular weight excluding hydrogens is 284 g/mol. The van der Waals surface area contributed by atoms with E-state index in [1.165, 1.54) is 0 Å². The van der Waals surface area contributed by atoms with E-state index < -0.39 is 0 Å². The Labute approximate surface area is 127 Å². The zero-order chi connectivity index (χ0) is 14.8. The van der Waals surface area contributed by atoms with Gasteiger partial charge in [0.15, 0.2) is 5.78 Å². The van der Waals surface area contributed by atoms with Crippen LogP contribution in [-0.2, 0) is 6.42 Å². The molecule has 2 aromatic carbocycles. The molecule has 0 amide bonds. The minimum atomic E-state index is -0.0743. The van der Waals surface area contributed by atoms with Gasteiger partial charge in [-0.15, -0.1) is 0 Å². The number of nitrogens with zero attached hydrogens (tertiary/aromatic N) is 1. The van der Waals surface area contributed by atoms with E-state index in [1.807, 2.05) is 36.4 Å². The topological polar surface area (TPSA) is 56.0 Å². The number of benzene rings is 2. The second kappa shape index (κ2) is 5.54. The monoisotopic (exact) mass is 296 g/mol. The van der Waals surface area contributed by atoms with Crippen molar-refractivity contribution in [3.8, 4) is 0 Å². The molecule has 0 unspecified atom stereocenters. The Kier molecular flexibility index (Phi) is 3.59. The van der Waals surface area contributed by atoms with Crippen molar-refractivity contribution in [1.29, 1.82) is 0 Å². The van der Waals surface area contributed by atoms with Crippen LogP contribution in [0.5, 0.6) is 0 Å². The fourth-order valence-corrected chi connectivity index (χ4v) is 2.48. The van der Waals surface area contributed by atoms with Gasteiger partial charge in [-0.25, -0.2) is 4.98 Å². The normalized spacial score (nSPS) is 10.7. The van der Waals surface area contributed by atoms with E-state index >= 15 is 0 Å². The molecule has 0 aliphatic heterocycles. The second-order valence-electron chi connectivity index (χ2n) is 4.84. The summed E-state index contributed by atoms with van der Waals surface area (Å²) in [5.74, 6) is -0.0743. The molecule has 3 rings (SSSR count). The molecule has 3 aromatic rings. The molecule has 0 bridgehead atoms. The molecule has 21 heavy (non-hydrogen) atoms. The molecule has 0 saturated carbocycles. The lowest BCUT2D eigenvalue weighted by Crippen LogP contribution is -2.07. The standard InChI is InChI=1S/C17H13ClN2O/c18-12-5-3-4-11(8-12)9-17(21)16-10-14(19)13-6-1-2-7-15(13)20-16/h1-8,10H,9H2,(H2,19,20). The molecule has 0 radical (unpaired) electrons. The highest BCUT2D eigenvalue weighted by molar-refractivity contribution is 6.30. The summed E-state index contributed by atoms with van der Waals surface area (Å²) < 4.78 is 0. The molecular formula is C17H13ClN2O. The lowest BCUT2D eigenvalue weighted by molar-refractivity contribution is 0.0988. The fourth-order valence-electron chi connectivity index (χ4n) is 2.27. The zero-order valence-corrected chi connectivity index (χ0v) is 12.0. The van der Waals surface area contributed by atoms with Crippen LogP contribution in [0, 0.1) is 0 Å². The fraction of sp³-hybridized carbons (Fsp3) is 0.0588. The molecule has 4 heteroatoms. The number of hydrogen-bond acceptors (Lipinski definition) is 3. The van der Waals surface area contributed by atoms with Crippen LogP contribution in [0.15, 0.2) is 54.6 Å². The molecule has 0 atom stereocenters. The zero-order valence-electron chi connectivity index (χ0n) is 11.2. The van der Waals surface area contributed by atoms with Gasteiger partial charge in [0.2, 0.25) is 0 Å². The summed E-state index contributed by atoms with van der Waals surface area (Å²) in [6.07, 6.45) is 0.255. The molecule has 0 fully saturated rings. The van der Waals surface area contributed by atoms with Gasteiger partial charge in [-0.05, 0) is 29.8 Å². The van der Waals surface area contributed by atoms with Gasteiger partial charge in [0.25, 0.3) is 0 Å². The van der Waals surface area contributed by atoms with Crippen molar-refractivity contribution < 1.29 is 4.79 Å². The lowest BCUT2D eigenvalue weighted by Gasteiger charge is -2.06. The minimum Gasteiger partial charge on any atom is -0.398 e. The predicted octanol–water partition coefficient (Wildman–Crippen LogP) is 3.90. The van der Waals surface area contributed by atoms with E-state index in [2.05, 4.69) is 4.98 Å². The van der Waals surface area contributed by atoms with Gasteiger partial charge in [-0.2, -0.15) is 0 Å². The van der Waals surface area contributed by atoms with Crippen molar-refractivity contribution in [2.75, 3.05) is 5.73 Å². The van der Waals surface area contributed by atoms with Crippen LogP contribution in [0.3, 0.4) is 0 Å². The summed E-state index contributed by atoms with van der Waals surface area (Å²) in [6, 6.07) is 16.4. The molecule has 0 aliphatic rings. The summed E-state index contributed by atoms with van der Waals surface area (Å²) in [5.41, 5.74) is 8.54. The van der Waals surface area contributed by atoms with Gasteiger partial charge in [0.1, 0.15) is 5.69 Å². The molecule has 1 heterocycles. The number of nitrogen functional groups attached to an aromatic ring is 1.